The predicted octanol–water partition coefficient (Wildman–Crippen LogP) is 1.95. The first-order chi connectivity index (χ1) is 9.13. The lowest BCUT2D eigenvalue weighted by molar-refractivity contribution is 0.0693. The molecule has 0 bridgehead atoms. The summed E-state index contributed by atoms with van der Waals surface area (Å²) in [7, 11) is 0. The number of aliphatic hydroxyl groups is 1. The molecule has 1 amide bonds. The Labute approximate surface area is 114 Å². The van der Waals surface area contributed by atoms with Gasteiger partial charge in [0.25, 0.3) is 5.91 Å². The van der Waals surface area contributed by atoms with Gasteiger partial charge in [0.2, 0.25) is 0 Å². The van der Waals surface area contributed by atoms with Crippen LogP contribution < -0.4 is 0 Å². The molecule has 1 N–H and O–H groups in total. The minimum Gasteiger partial charge on any atom is -0.396 e. The molecule has 104 valence electrons. The number of amides is 1. The Bertz CT molecular complexity index is 457. The predicted molar refractivity (Wildman–Crippen MR) is 72.8 cm³/mol. The van der Waals surface area contributed by atoms with Crippen LogP contribution in [0, 0.1) is 0 Å². The average Bonchev–Trinajstić information content (AvgIpc) is 2.85. The van der Waals surface area contributed by atoms with Gasteiger partial charge in [0, 0.05) is 24.8 Å². The second-order valence-corrected chi connectivity index (χ2v) is 5.15. The Hall–Kier alpha value is -1.39. The number of rotatable bonds is 5. The third-order valence-corrected chi connectivity index (χ3v) is 3.41. The lowest BCUT2D eigenvalue weighted by Crippen LogP contribution is -2.38. The summed E-state index contributed by atoms with van der Waals surface area (Å²) in [6.07, 6.45) is 0.609. The van der Waals surface area contributed by atoms with Crippen molar-refractivity contribution in [1.82, 2.24) is 4.90 Å². The number of carbonyl (C=O) groups is 1. The van der Waals surface area contributed by atoms with Crippen molar-refractivity contribution in [1.29, 1.82) is 0 Å². The molecule has 0 atom stereocenters. The first-order valence-corrected chi connectivity index (χ1v) is 6.75. The monoisotopic (exact) mass is 263 g/mol. The maximum Gasteiger partial charge on any atom is 0.254 e. The Kier molecular flexibility index (Phi) is 4.56. The van der Waals surface area contributed by atoms with Gasteiger partial charge in [-0.15, -0.1) is 0 Å². The number of fused-ring (bicyclic) bond motifs is 1. The van der Waals surface area contributed by atoms with E-state index in [1.165, 1.54) is 5.56 Å². The van der Waals surface area contributed by atoms with Crippen LogP contribution in [0.15, 0.2) is 18.2 Å². The fraction of sp³-hybridized carbons (Fsp3) is 0.533. The molecule has 0 saturated carbocycles. The lowest BCUT2D eigenvalue weighted by Gasteiger charge is -2.26. The molecular formula is C15H21NO3. The molecule has 0 radical (unpaired) electrons. The van der Waals surface area contributed by atoms with Gasteiger partial charge in [-0.2, -0.15) is 0 Å². The van der Waals surface area contributed by atoms with Gasteiger partial charge >= 0.3 is 0 Å². The molecule has 1 aromatic rings. The molecule has 2 rings (SSSR count). The molecule has 0 unspecified atom stereocenters. The zero-order valence-electron chi connectivity index (χ0n) is 11.6. The van der Waals surface area contributed by atoms with Gasteiger partial charge in [0.1, 0.15) is 0 Å². The Balaban J connectivity index is 2.16. The average molecular weight is 263 g/mol. The van der Waals surface area contributed by atoms with Crippen LogP contribution in [0.25, 0.3) is 0 Å². The van der Waals surface area contributed by atoms with Crippen LogP contribution in [-0.2, 0) is 18.0 Å². The molecule has 19 heavy (non-hydrogen) atoms. The van der Waals surface area contributed by atoms with E-state index in [1.54, 1.807) is 4.90 Å². The zero-order chi connectivity index (χ0) is 13.8. The van der Waals surface area contributed by atoms with Crippen molar-refractivity contribution in [3.8, 4) is 0 Å². The molecule has 1 aliphatic rings. The maximum atomic E-state index is 12.5. The SMILES string of the molecule is CC(C)N(CCCO)C(=O)c1ccc2c(c1)COC2. The summed E-state index contributed by atoms with van der Waals surface area (Å²) < 4.78 is 5.36. The fourth-order valence-corrected chi connectivity index (χ4v) is 2.31. The van der Waals surface area contributed by atoms with E-state index < -0.39 is 0 Å². The van der Waals surface area contributed by atoms with Crippen LogP contribution in [0.1, 0.15) is 41.8 Å². The molecule has 0 saturated heterocycles. The first kappa shape index (κ1) is 14.0. The summed E-state index contributed by atoms with van der Waals surface area (Å²) in [5.41, 5.74) is 2.98. The number of carbonyl (C=O) groups excluding carboxylic acids is 1. The van der Waals surface area contributed by atoms with Crippen molar-refractivity contribution < 1.29 is 14.6 Å². The highest BCUT2D eigenvalue weighted by atomic mass is 16.5. The first-order valence-electron chi connectivity index (χ1n) is 6.75. The van der Waals surface area contributed by atoms with E-state index in [1.807, 2.05) is 32.0 Å². The highest BCUT2D eigenvalue weighted by Gasteiger charge is 2.20. The van der Waals surface area contributed by atoms with Crippen molar-refractivity contribution in [2.24, 2.45) is 0 Å². The number of benzene rings is 1. The molecule has 0 fully saturated rings. The van der Waals surface area contributed by atoms with Crippen molar-refractivity contribution in [3.63, 3.8) is 0 Å². The number of hydrogen-bond donors (Lipinski definition) is 1. The van der Waals surface area contributed by atoms with Crippen LogP contribution in [0.2, 0.25) is 0 Å². The molecule has 4 heteroatoms. The van der Waals surface area contributed by atoms with Gasteiger partial charge in [-0.1, -0.05) is 6.07 Å². The van der Waals surface area contributed by atoms with E-state index in [9.17, 15) is 4.79 Å². The second-order valence-electron chi connectivity index (χ2n) is 5.15. The summed E-state index contributed by atoms with van der Waals surface area (Å²) >= 11 is 0. The van der Waals surface area contributed by atoms with Crippen molar-refractivity contribution in [2.45, 2.75) is 39.5 Å². The van der Waals surface area contributed by atoms with Gasteiger partial charge in [-0.05, 0) is 43.5 Å². The summed E-state index contributed by atoms with van der Waals surface area (Å²) in [6, 6.07) is 5.90. The number of hydrogen-bond acceptors (Lipinski definition) is 3. The quantitative estimate of drug-likeness (QED) is 0.883. The van der Waals surface area contributed by atoms with Gasteiger partial charge in [-0.3, -0.25) is 4.79 Å². The highest BCUT2D eigenvalue weighted by molar-refractivity contribution is 5.94. The zero-order valence-corrected chi connectivity index (χ0v) is 11.6. The minimum atomic E-state index is 0.0261. The normalized spacial score (nSPS) is 13.7. The number of nitrogens with zero attached hydrogens (tertiary/aromatic N) is 1. The number of ether oxygens (including phenoxy) is 1. The van der Waals surface area contributed by atoms with E-state index in [-0.39, 0.29) is 18.6 Å². The van der Waals surface area contributed by atoms with E-state index >= 15 is 0 Å². The summed E-state index contributed by atoms with van der Waals surface area (Å²) in [4.78, 5) is 14.3. The third kappa shape index (κ3) is 3.14. The van der Waals surface area contributed by atoms with E-state index in [0.29, 0.717) is 31.7 Å². The van der Waals surface area contributed by atoms with E-state index in [4.69, 9.17) is 9.84 Å². The smallest absolute Gasteiger partial charge is 0.254 e. The molecule has 0 aliphatic carbocycles. The second kappa shape index (κ2) is 6.17. The number of aliphatic hydroxyl groups excluding tert-OH is 1. The molecule has 0 aromatic heterocycles. The van der Waals surface area contributed by atoms with Gasteiger partial charge in [-0.25, -0.2) is 0 Å². The van der Waals surface area contributed by atoms with Gasteiger partial charge < -0.3 is 14.7 Å². The van der Waals surface area contributed by atoms with Crippen molar-refractivity contribution >= 4 is 5.91 Å². The van der Waals surface area contributed by atoms with E-state index in [2.05, 4.69) is 0 Å². The Morgan fingerprint density at radius 3 is 2.79 bits per heavy atom. The Morgan fingerprint density at radius 2 is 2.11 bits per heavy atom. The highest BCUT2D eigenvalue weighted by Crippen LogP contribution is 2.22. The molecule has 4 nitrogen and oxygen atoms in total. The van der Waals surface area contributed by atoms with Crippen molar-refractivity contribution in [2.75, 3.05) is 13.2 Å². The largest absolute Gasteiger partial charge is 0.396 e. The van der Waals surface area contributed by atoms with Crippen LogP contribution in [0.4, 0.5) is 0 Å². The van der Waals surface area contributed by atoms with E-state index in [0.717, 1.165) is 5.56 Å². The molecule has 1 aromatic carbocycles. The molecule has 1 heterocycles. The van der Waals surface area contributed by atoms with Crippen LogP contribution in [0.3, 0.4) is 0 Å². The third-order valence-electron chi connectivity index (χ3n) is 3.41. The Morgan fingerprint density at radius 1 is 1.37 bits per heavy atom. The summed E-state index contributed by atoms with van der Waals surface area (Å²) in [5, 5.41) is 8.92. The molecule has 0 spiro atoms. The van der Waals surface area contributed by atoms with Gasteiger partial charge in [0.15, 0.2) is 0 Å². The lowest BCUT2D eigenvalue weighted by atomic mass is 10.0. The standard InChI is InChI=1S/C15H21NO3/c1-11(2)16(6-3-7-17)15(18)12-4-5-13-9-19-10-14(13)8-12/h4-5,8,11,17H,3,6-7,9-10H2,1-2H3. The van der Waals surface area contributed by atoms with Crippen LogP contribution >= 0.6 is 0 Å². The van der Waals surface area contributed by atoms with Crippen LogP contribution in [-0.4, -0.2) is 35.1 Å². The minimum absolute atomic E-state index is 0.0261. The summed E-state index contributed by atoms with van der Waals surface area (Å²) in [5.74, 6) is 0.0261. The molecular weight excluding hydrogens is 242 g/mol. The van der Waals surface area contributed by atoms with Gasteiger partial charge in [0.05, 0.1) is 13.2 Å². The maximum absolute atomic E-state index is 12.5. The van der Waals surface area contributed by atoms with Crippen LogP contribution in [0.5, 0.6) is 0 Å². The summed E-state index contributed by atoms with van der Waals surface area (Å²) in [6.45, 7) is 5.91. The van der Waals surface area contributed by atoms with Crippen molar-refractivity contribution in [3.05, 3.63) is 34.9 Å². The molecule has 1 aliphatic heterocycles. The fourth-order valence-electron chi connectivity index (χ4n) is 2.31. The topological polar surface area (TPSA) is 49.8 Å².